The molecule has 0 aromatic heterocycles. The molecule has 11 heteroatoms. The summed E-state index contributed by atoms with van der Waals surface area (Å²) in [6.45, 7) is 13.6. The summed E-state index contributed by atoms with van der Waals surface area (Å²) in [6, 6.07) is 12.7. The highest BCUT2D eigenvalue weighted by Crippen LogP contribution is 2.60. The fraction of sp³-hybridized carbons (Fsp3) is 0.513. The number of ether oxygens (including phenoxy) is 1. The number of aliphatic hydroxyl groups excluding tert-OH is 2. The van der Waals surface area contributed by atoms with Crippen molar-refractivity contribution in [2.75, 3.05) is 23.4 Å². The van der Waals surface area contributed by atoms with E-state index in [-0.39, 0.29) is 30.9 Å². The quantitative estimate of drug-likeness (QED) is 0.187. The van der Waals surface area contributed by atoms with Crippen molar-refractivity contribution in [3.8, 4) is 0 Å². The van der Waals surface area contributed by atoms with Gasteiger partial charge in [0.15, 0.2) is 13.9 Å². The van der Waals surface area contributed by atoms with Gasteiger partial charge in [-0.15, -0.1) is 0 Å². The summed E-state index contributed by atoms with van der Waals surface area (Å²) >= 11 is 0. The Morgan fingerprint density at radius 1 is 1.12 bits per heavy atom. The first-order valence-corrected chi connectivity index (χ1v) is 20.7. The molecule has 3 amide bonds. The van der Waals surface area contributed by atoms with E-state index in [9.17, 15) is 29.4 Å². The molecule has 270 valence electrons. The molecule has 0 radical (unpaired) electrons. The summed E-state index contributed by atoms with van der Waals surface area (Å²) in [4.78, 5) is 56.6. The molecule has 0 saturated carbocycles. The average molecular weight is 704 g/mol. The Kier molecular flexibility index (Phi) is 11.2. The molecule has 3 aliphatic heterocycles. The molecule has 0 aliphatic carbocycles. The van der Waals surface area contributed by atoms with Gasteiger partial charge in [0.2, 0.25) is 5.91 Å². The van der Waals surface area contributed by atoms with Gasteiger partial charge in [0, 0.05) is 35.8 Å². The van der Waals surface area contributed by atoms with Crippen LogP contribution in [0.2, 0.25) is 18.6 Å². The largest absolute Gasteiger partial charge is 0.432 e. The molecule has 2 aromatic rings. The Bertz CT molecular complexity index is 1680. The van der Waals surface area contributed by atoms with Crippen molar-refractivity contribution in [2.45, 2.75) is 109 Å². The molecule has 6 atom stereocenters. The molecule has 50 heavy (non-hydrogen) atoms. The maximum atomic E-state index is 14.8. The lowest BCUT2D eigenvalue weighted by atomic mass is 9.82. The van der Waals surface area contributed by atoms with Crippen LogP contribution in [0.1, 0.15) is 70.6 Å². The van der Waals surface area contributed by atoms with E-state index in [2.05, 4.69) is 38.2 Å². The number of carbonyl (C=O) groups excluding carboxylic acids is 3. The number of fused-ring (bicyclic) bond motifs is 3. The van der Waals surface area contributed by atoms with Gasteiger partial charge in [-0.1, -0.05) is 54.5 Å². The molecule has 5 rings (SSSR count). The second kappa shape index (κ2) is 14.9. The first-order chi connectivity index (χ1) is 23.6. The van der Waals surface area contributed by atoms with Crippen molar-refractivity contribution in [1.29, 1.82) is 0 Å². The Balaban J connectivity index is 1.52. The third-order valence-corrected chi connectivity index (χ3v) is 13.1. The number of anilines is 2. The van der Waals surface area contributed by atoms with Gasteiger partial charge in [-0.25, -0.2) is 0 Å². The Hall–Kier alpha value is -3.61. The summed E-state index contributed by atoms with van der Waals surface area (Å²) in [5.74, 6) is -1.57. The monoisotopic (exact) mass is 703 g/mol. The minimum Gasteiger partial charge on any atom is -0.432 e. The number of nitrogens with one attached hydrogen (secondary N) is 1. The van der Waals surface area contributed by atoms with Crippen LogP contribution in [0.3, 0.4) is 0 Å². The predicted octanol–water partition coefficient (Wildman–Crippen LogP) is 5.18. The van der Waals surface area contributed by atoms with E-state index < -0.39 is 43.5 Å². The highest BCUT2D eigenvalue weighted by molar-refractivity contribution is 6.71. The number of rotatable bonds is 11. The van der Waals surface area contributed by atoms with E-state index in [0.29, 0.717) is 36.4 Å². The second-order valence-corrected chi connectivity index (χ2v) is 19.1. The molecule has 2 aromatic carbocycles. The molecule has 1 saturated heterocycles. The predicted molar refractivity (Wildman–Crippen MR) is 197 cm³/mol. The molecule has 4 N–H and O–H groups in total. The van der Waals surface area contributed by atoms with Crippen molar-refractivity contribution in [1.82, 2.24) is 4.90 Å². The van der Waals surface area contributed by atoms with Gasteiger partial charge in [0.25, 0.3) is 11.8 Å². The zero-order chi connectivity index (χ0) is 36.5. The summed E-state index contributed by atoms with van der Waals surface area (Å²) in [5, 5.41) is 22.9. The standard InChI is InChI=1S/C39H53N3O7Si/c1-24(2)11-10-12-25(3)17-18-41-33-16-15-30(40-37(46)27(5)44)20-32(33)39(38(41)47)26(4)36(50(6,7)48)34(49-39)21-35(45)42-22-29-14-9-8-13-28(29)19-31(42)23-43/h8-9,11,13-17,20,26-27,31,34,36,43-44,48H,10,12,18-19,21-23H2,1-7H3,(H,40,46)/b25-17+/t26-,27+,31+,34+,36-,39+/m1/s1. The molecule has 0 unspecified atom stereocenters. The van der Waals surface area contributed by atoms with Crippen molar-refractivity contribution < 1.29 is 34.1 Å². The Morgan fingerprint density at radius 2 is 1.82 bits per heavy atom. The van der Waals surface area contributed by atoms with Crippen LogP contribution >= 0.6 is 0 Å². The SMILES string of the molecule is CC(C)=CCC/C(C)=C/CN1C(=O)[C@@]2(O[C@@H](CC(=O)N3Cc4ccccc4C[C@H]3CO)[C@H]([Si](C)(C)O)[C@H]2C)c2cc(NC(=O)[C@H](C)O)ccc21. The number of benzene rings is 2. The summed E-state index contributed by atoms with van der Waals surface area (Å²) < 4.78 is 6.92. The zero-order valence-corrected chi connectivity index (χ0v) is 31.4. The molecular formula is C39H53N3O7Si. The summed E-state index contributed by atoms with van der Waals surface area (Å²) in [7, 11) is -3.07. The van der Waals surface area contributed by atoms with Crippen LogP contribution < -0.4 is 10.2 Å². The third kappa shape index (κ3) is 7.38. The number of hydrogen-bond donors (Lipinski definition) is 4. The molecule has 10 nitrogen and oxygen atoms in total. The van der Waals surface area contributed by atoms with E-state index in [1.165, 1.54) is 12.5 Å². The van der Waals surface area contributed by atoms with E-state index in [0.717, 1.165) is 29.5 Å². The van der Waals surface area contributed by atoms with Gasteiger partial charge in [-0.2, -0.15) is 0 Å². The van der Waals surface area contributed by atoms with Crippen molar-refractivity contribution in [3.05, 3.63) is 82.5 Å². The van der Waals surface area contributed by atoms with E-state index >= 15 is 0 Å². The Labute approximate surface area is 296 Å². The van der Waals surface area contributed by atoms with Gasteiger partial charge in [-0.3, -0.25) is 14.4 Å². The third-order valence-electron chi connectivity index (χ3n) is 10.6. The highest BCUT2D eigenvalue weighted by atomic mass is 28.4. The topological polar surface area (TPSA) is 140 Å². The summed E-state index contributed by atoms with van der Waals surface area (Å²) in [5.41, 5.74) is 4.15. The number of nitrogens with zero attached hydrogens (tertiary/aromatic N) is 2. The number of hydrogen-bond acceptors (Lipinski definition) is 7. The van der Waals surface area contributed by atoms with Gasteiger partial charge in [-0.05, 0) is 89.4 Å². The Morgan fingerprint density at radius 3 is 2.46 bits per heavy atom. The van der Waals surface area contributed by atoms with Crippen LogP contribution in [0.15, 0.2) is 65.8 Å². The average Bonchev–Trinajstić information content (AvgIpc) is 3.48. The number of carbonyl (C=O) groups is 3. The lowest BCUT2D eigenvalue weighted by Crippen LogP contribution is -2.48. The van der Waals surface area contributed by atoms with Gasteiger partial charge >= 0.3 is 0 Å². The normalized spacial score (nSPS) is 25.4. The fourth-order valence-electron chi connectivity index (χ4n) is 8.05. The number of allylic oxidation sites excluding steroid dienone is 3. The number of amides is 3. The summed E-state index contributed by atoms with van der Waals surface area (Å²) in [6.07, 6.45) is 4.47. The smallest absolute Gasteiger partial charge is 0.264 e. The van der Waals surface area contributed by atoms with Crippen LogP contribution in [0.4, 0.5) is 11.4 Å². The van der Waals surface area contributed by atoms with E-state index in [1.807, 2.05) is 44.3 Å². The van der Waals surface area contributed by atoms with Crippen LogP contribution in [0.25, 0.3) is 0 Å². The van der Waals surface area contributed by atoms with Gasteiger partial charge in [0.05, 0.1) is 30.9 Å². The van der Waals surface area contributed by atoms with Crippen LogP contribution in [-0.4, -0.2) is 77.3 Å². The second-order valence-electron chi connectivity index (χ2n) is 15.1. The van der Waals surface area contributed by atoms with Crippen LogP contribution in [0, 0.1) is 5.92 Å². The molecule has 3 aliphatic rings. The van der Waals surface area contributed by atoms with Gasteiger partial charge < -0.3 is 34.9 Å². The zero-order valence-electron chi connectivity index (χ0n) is 30.4. The minimum absolute atomic E-state index is 0.0587. The van der Waals surface area contributed by atoms with Crippen molar-refractivity contribution >= 4 is 37.4 Å². The first kappa shape index (κ1) is 37.6. The fourth-order valence-corrected chi connectivity index (χ4v) is 10.6. The molecule has 1 fully saturated rings. The molecule has 1 spiro atoms. The van der Waals surface area contributed by atoms with Crippen LogP contribution in [-0.2, 0) is 37.7 Å². The van der Waals surface area contributed by atoms with E-state index in [1.54, 1.807) is 28.0 Å². The maximum Gasteiger partial charge on any atom is 0.264 e. The number of aliphatic hydroxyl groups is 2. The lowest BCUT2D eigenvalue weighted by molar-refractivity contribution is -0.150. The van der Waals surface area contributed by atoms with Gasteiger partial charge in [0.1, 0.15) is 6.10 Å². The van der Waals surface area contributed by atoms with Crippen molar-refractivity contribution in [2.24, 2.45) is 5.92 Å². The lowest BCUT2D eigenvalue weighted by Gasteiger charge is -2.37. The minimum atomic E-state index is -3.07. The van der Waals surface area contributed by atoms with Crippen LogP contribution in [0.5, 0.6) is 0 Å². The molecule has 3 heterocycles. The highest BCUT2D eigenvalue weighted by Gasteiger charge is 2.66. The van der Waals surface area contributed by atoms with Crippen molar-refractivity contribution in [3.63, 3.8) is 0 Å². The molecular weight excluding hydrogens is 651 g/mol. The first-order valence-electron chi connectivity index (χ1n) is 17.7. The molecule has 0 bridgehead atoms. The van der Waals surface area contributed by atoms with E-state index in [4.69, 9.17) is 4.74 Å². The maximum absolute atomic E-state index is 14.8.